The molecule has 0 aliphatic heterocycles. The second-order valence-corrected chi connectivity index (χ2v) is 8.79. The lowest BCUT2D eigenvalue weighted by atomic mass is 10.2. The van der Waals surface area contributed by atoms with E-state index in [1.54, 1.807) is 0 Å². The molecule has 6 nitrogen and oxygen atoms in total. The number of aromatic nitrogens is 4. The van der Waals surface area contributed by atoms with Crippen molar-refractivity contribution in [3.05, 3.63) is 108 Å². The molecule has 4 rings (SSSR count). The molecule has 0 radical (unpaired) electrons. The van der Waals surface area contributed by atoms with Crippen molar-refractivity contribution < 1.29 is 8.78 Å². The Morgan fingerprint density at radius 1 is 0.750 bits per heavy atom. The summed E-state index contributed by atoms with van der Waals surface area (Å²) in [6.45, 7) is 9.43. The van der Waals surface area contributed by atoms with Gasteiger partial charge in [-0.3, -0.25) is 0 Å². The van der Waals surface area contributed by atoms with Crippen LogP contribution in [0, 0.1) is 25.5 Å². The highest BCUT2D eigenvalue weighted by molar-refractivity contribution is 5.16. The average Bonchev–Trinajstić information content (AvgIpc) is 3.49. The van der Waals surface area contributed by atoms with Gasteiger partial charge in [0.05, 0.1) is 18.3 Å². The minimum atomic E-state index is -0.186. The van der Waals surface area contributed by atoms with Crippen LogP contribution in [0.5, 0.6) is 0 Å². The number of halogens is 2. The van der Waals surface area contributed by atoms with E-state index in [1.807, 2.05) is 56.2 Å². The Morgan fingerprint density at radius 2 is 1.31 bits per heavy atom. The van der Waals surface area contributed by atoms with Crippen molar-refractivity contribution >= 4 is 0 Å². The van der Waals surface area contributed by atoms with Gasteiger partial charge in [-0.1, -0.05) is 24.3 Å². The Morgan fingerprint density at radius 3 is 1.78 bits per heavy atom. The molecule has 8 heteroatoms. The number of imidazole rings is 2. The lowest BCUT2D eigenvalue weighted by Gasteiger charge is -2.07. The Bertz CT molecular complexity index is 1140. The number of rotatable bonds is 12. The standard InChI is InChI=1S/2C14H18FN3/c1-12-10-18(11-17-12)8-2-7-16-9-13-3-5-14(15)6-4-13;1-12-9-17-11-18(12)8-2-7-16-10-13-3-5-14(15)6-4-13/h3-6,10-11,16H,2,7-9H2,1H3;3-6,9,11,16H,2,7-8,10H2,1H3. The molecule has 36 heavy (non-hydrogen) atoms. The molecule has 2 heterocycles. The van der Waals surface area contributed by atoms with Gasteiger partial charge in [-0.2, -0.15) is 0 Å². The molecule has 0 amide bonds. The van der Waals surface area contributed by atoms with E-state index in [2.05, 4.69) is 36.7 Å². The molecule has 2 aromatic heterocycles. The fraction of sp³-hybridized carbons (Fsp3) is 0.357. The van der Waals surface area contributed by atoms with Crippen LogP contribution >= 0.6 is 0 Å². The van der Waals surface area contributed by atoms with Gasteiger partial charge in [0.15, 0.2) is 0 Å². The van der Waals surface area contributed by atoms with Crippen molar-refractivity contribution in [2.45, 2.75) is 52.9 Å². The maximum Gasteiger partial charge on any atom is 0.123 e. The molecule has 0 bridgehead atoms. The Balaban J connectivity index is 0.000000201. The molecular weight excluding hydrogens is 458 g/mol. The molecule has 2 N–H and O–H groups in total. The van der Waals surface area contributed by atoms with Crippen molar-refractivity contribution in [3.8, 4) is 0 Å². The molecule has 4 aromatic rings. The van der Waals surface area contributed by atoms with Crippen LogP contribution < -0.4 is 10.6 Å². The largest absolute Gasteiger partial charge is 0.337 e. The van der Waals surface area contributed by atoms with Crippen LogP contribution in [0.4, 0.5) is 8.78 Å². The fourth-order valence-electron chi connectivity index (χ4n) is 3.65. The quantitative estimate of drug-likeness (QED) is 0.272. The normalized spacial score (nSPS) is 10.8. The molecule has 192 valence electrons. The van der Waals surface area contributed by atoms with Crippen molar-refractivity contribution in [1.82, 2.24) is 29.7 Å². The van der Waals surface area contributed by atoms with Gasteiger partial charge in [0.25, 0.3) is 0 Å². The lowest BCUT2D eigenvalue weighted by molar-refractivity contribution is 0.573. The molecule has 0 unspecified atom stereocenters. The first-order chi connectivity index (χ1) is 17.5. The predicted molar refractivity (Wildman–Crippen MR) is 139 cm³/mol. The highest BCUT2D eigenvalue weighted by atomic mass is 19.1. The first-order valence-corrected chi connectivity index (χ1v) is 12.3. The van der Waals surface area contributed by atoms with Crippen LogP contribution in [0.3, 0.4) is 0 Å². The van der Waals surface area contributed by atoms with Gasteiger partial charge in [0.1, 0.15) is 11.6 Å². The van der Waals surface area contributed by atoms with Crippen LogP contribution in [-0.4, -0.2) is 32.2 Å². The Hall–Kier alpha value is -3.36. The molecule has 0 fully saturated rings. The monoisotopic (exact) mass is 494 g/mol. The van der Waals surface area contributed by atoms with E-state index in [9.17, 15) is 8.78 Å². The van der Waals surface area contributed by atoms with Crippen molar-refractivity contribution in [1.29, 1.82) is 0 Å². The molecule has 0 spiro atoms. The SMILES string of the molecule is Cc1cn(CCCNCc2ccc(F)cc2)cn1.Cc1cncn1CCCNCc1ccc(F)cc1. The lowest BCUT2D eigenvalue weighted by Crippen LogP contribution is -2.16. The van der Waals surface area contributed by atoms with Crippen LogP contribution in [0.15, 0.2) is 73.6 Å². The van der Waals surface area contributed by atoms with E-state index in [4.69, 9.17) is 0 Å². The molecule has 0 saturated heterocycles. The van der Waals surface area contributed by atoms with Gasteiger partial charge in [0, 0.05) is 44.3 Å². The van der Waals surface area contributed by atoms with E-state index < -0.39 is 0 Å². The van der Waals surface area contributed by atoms with Gasteiger partial charge in [0.2, 0.25) is 0 Å². The molecule has 0 saturated carbocycles. The van der Waals surface area contributed by atoms with E-state index in [1.165, 1.54) is 30.0 Å². The van der Waals surface area contributed by atoms with Crippen molar-refractivity contribution in [2.24, 2.45) is 0 Å². The first kappa shape index (κ1) is 27.2. The smallest absolute Gasteiger partial charge is 0.123 e. The number of aryl methyl sites for hydroxylation is 4. The minimum absolute atomic E-state index is 0.186. The number of nitrogens with zero attached hydrogens (tertiary/aromatic N) is 4. The number of hydrogen-bond donors (Lipinski definition) is 2. The third-order valence-corrected chi connectivity index (χ3v) is 5.69. The average molecular weight is 495 g/mol. The summed E-state index contributed by atoms with van der Waals surface area (Å²) in [5.74, 6) is -0.372. The third kappa shape index (κ3) is 10.1. The summed E-state index contributed by atoms with van der Waals surface area (Å²) in [5.41, 5.74) is 4.45. The zero-order chi connectivity index (χ0) is 25.6. The highest BCUT2D eigenvalue weighted by Gasteiger charge is 1.98. The number of nitrogens with one attached hydrogen (secondary N) is 2. The molecular formula is C28H36F2N6. The molecule has 2 aromatic carbocycles. The van der Waals surface area contributed by atoms with Gasteiger partial charge < -0.3 is 19.8 Å². The third-order valence-electron chi connectivity index (χ3n) is 5.69. The topological polar surface area (TPSA) is 59.7 Å². The van der Waals surface area contributed by atoms with E-state index >= 15 is 0 Å². The molecule has 0 aliphatic carbocycles. The van der Waals surface area contributed by atoms with Gasteiger partial charge >= 0.3 is 0 Å². The second-order valence-electron chi connectivity index (χ2n) is 8.79. The molecule has 0 aliphatic rings. The summed E-state index contributed by atoms with van der Waals surface area (Å²) in [4.78, 5) is 8.26. The second kappa shape index (κ2) is 14.9. The minimum Gasteiger partial charge on any atom is -0.337 e. The summed E-state index contributed by atoms with van der Waals surface area (Å²) in [6.07, 6.45) is 9.73. The number of hydrogen-bond acceptors (Lipinski definition) is 4. The van der Waals surface area contributed by atoms with Gasteiger partial charge in [-0.05, 0) is 75.2 Å². The van der Waals surface area contributed by atoms with E-state index in [0.717, 1.165) is 68.9 Å². The Kier molecular flexibility index (Phi) is 11.3. The van der Waals surface area contributed by atoms with Crippen molar-refractivity contribution in [2.75, 3.05) is 13.1 Å². The van der Waals surface area contributed by atoms with Gasteiger partial charge in [-0.15, -0.1) is 0 Å². The van der Waals surface area contributed by atoms with E-state index in [-0.39, 0.29) is 11.6 Å². The summed E-state index contributed by atoms with van der Waals surface area (Å²) < 4.78 is 29.6. The highest BCUT2D eigenvalue weighted by Crippen LogP contribution is 2.03. The van der Waals surface area contributed by atoms with Crippen LogP contribution in [0.25, 0.3) is 0 Å². The van der Waals surface area contributed by atoms with Gasteiger partial charge in [-0.25, -0.2) is 18.7 Å². The van der Waals surface area contributed by atoms with Crippen molar-refractivity contribution in [3.63, 3.8) is 0 Å². The summed E-state index contributed by atoms with van der Waals surface area (Å²) in [6, 6.07) is 13.2. The fourth-order valence-corrected chi connectivity index (χ4v) is 3.65. The van der Waals surface area contributed by atoms with E-state index in [0.29, 0.717) is 0 Å². The zero-order valence-corrected chi connectivity index (χ0v) is 21.1. The Labute approximate surface area is 212 Å². The van der Waals surface area contributed by atoms with Crippen LogP contribution in [0.2, 0.25) is 0 Å². The maximum absolute atomic E-state index is 12.7. The zero-order valence-electron chi connectivity index (χ0n) is 21.1. The summed E-state index contributed by atoms with van der Waals surface area (Å²) in [5, 5.41) is 6.69. The summed E-state index contributed by atoms with van der Waals surface area (Å²) in [7, 11) is 0. The summed E-state index contributed by atoms with van der Waals surface area (Å²) >= 11 is 0. The first-order valence-electron chi connectivity index (χ1n) is 12.3. The number of benzene rings is 2. The molecule has 0 atom stereocenters. The van der Waals surface area contributed by atoms with Crippen LogP contribution in [0.1, 0.15) is 35.4 Å². The maximum atomic E-state index is 12.7. The van der Waals surface area contributed by atoms with Crippen LogP contribution in [-0.2, 0) is 26.2 Å². The predicted octanol–water partition coefficient (Wildman–Crippen LogP) is 5.02.